The zero-order valence-electron chi connectivity index (χ0n) is 13.7. The van der Waals surface area contributed by atoms with Crippen molar-refractivity contribution in [1.82, 2.24) is 4.57 Å². The third kappa shape index (κ3) is 3.82. The summed E-state index contributed by atoms with van der Waals surface area (Å²) in [5.41, 5.74) is 1.14. The molecule has 2 N–H and O–H groups in total. The molecule has 0 aliphatic rings. The predicted molar refractivity (Wildman–Crippen MR) is 97.3 cm³/mol. The second-order valence-corrected chi connectivity index (χ2v) is 5.64. The van der Waals surface area contributed by atoms with Crippen molar-refractivity contribution in [2.24, 2.45) is 0 Å². The zero-order valence-corrected chi connectivity index (χ0v) is 13.7. The highest BCUT2D eigenvalue weighted by Gasteiger charge is 2.13. The van der Waals surface area contributed by atoms with Gasteiger partial charge in [-0.15, -0.1) is 0 Å². The average Bonchev–Trinajstić information content (AvgIpc) is 2.64. The van der Waals surface area contributed by atoms with Gasteiger partial charge in [0.2, 0.25) is 5.43 Å². The number of carbonyl (C=O) groups is 1. The van der Waals surface area contributed by atoms with Gasteiger partial charge in [-0.05, 0) is 23.8 Å². The average molecular weight is 345 g/mol. The summed E-state index contributed by atoms with van der Waals surface area (Å²) < 4.78 is 1.46. The molecule has 0 unspecified atom stereocenters. The topological polar surface area (TPSA) is 79.5 Å². The normalized spacial score (nSPS) is 10.0. The van der Waals surface area contributed by atoms with Crippen LogP contribution in [0.15, 0.2) is 71.8 Å². The Morgan fingerprint density at radius 1 is 0.962 bits per heavy atom. The molecule has 2 aromatic carbocycles. The van der Waals surface area contributed by atoms with Crippen LogP contribution in [-0.4, -0.2) is 20.7 Å². The van der Waals surface area contributed by atoms with Crippen LogP contribution in [0.2, 0.25) is 0 Å². The third-order valence-electron chi connectivity index (χ3n) is 3.78. The summed E-state index contributed by atoms with van der Waals surface area (Å²) in [6.07, 6.45) is 2.43. The molecule has 0 atom stereocenters. The van der Waals surface area contributed by atoms with Gasteiger partial charge in [0.15, 0.2) is 5.75 Å². The van der Waals surface area contributed by atoms with E-state index in [4.69, 9.17) is 5.11 Å². The van der Waals surface area contributed by atoms with Gasteiger partial charge in [0.25, 0.3) is 0 Å². The Morgan fingerprint density at radius 3 is 2.38 bits per heavy atom. The second kappa shape index (κ2) is 7.41. The van der Waals surface area contributed by atoms with E-state index in [1.165, 1.54) is 17.0 Å². The van der Waals surface area contributed by atoms with Gasteiger partial charge in [-0.1, -0.05) is 48.2 Å². The lowest BCUT2D eigenvalue weighted by molar-refractivity contribution is 0.0694. The van der Waals surface area contributed by atoms with Gasteiger partial charge in [-0.3, -0.25) is 4.79 Å². The van der Waals surface area contributed by atoms with Crippen molar-refractivity contribution < 1.29 is 15.0 Å². The molecule has 1 aromatic heterocycles. The molecular weight excluding hydrogens is 330 g/mol. The van der Waals surface area contributed by atoms with Gasteiger partial charge >= 0.3 is 5.97 Å². The summed E-state index contributed by atoms with van der Waals surface area (Å²) in [5.74, 6) is 4.22. The molecule has 0 spiro atoms. The van der Waals surface area contributed by atoms with E-state index in [1.54, 1.807) is 0 Å². The van der Waals surface area contributed by atoms with E-state index in [-0.39, 0.29) is 6.54 Å². The first kappa shape index (κ1) is 17.1. The Hall–Kier alpha value is -3.78. The second-order valence-electron chi connectivity index (χ2n) is 5.64. The number of pyridine rings is 1. The maximum atomic E-state index is 11.7. The summed E-state index contributed by atoms with van der Waals surface area (Å²) in [5, 5.41) is 18.8. The summed E-state index contributed by atoms with van der Waals surface area (Å²) in [6, 6.07) is 17.0. The summed E-state index contributed by atoms with van der Waals surface area (Å²) in [7, 11) is 0. The monoisotopic (exact) mass is 345 g/mol. The van der Waals surface area contributed by atoms with Crippen molar-refractivity contribution in [2.75, 3.05) is 0 Å². The lowest BCUT2D eigenvalue weighted by Gasteiger charge is -2.10. The van der Waals surface area contributed by atoms with Crippen LogP contribution in [0.4, 0.5) is 0 Å². The van der Waals surface area contributed by atoms with Crippen LogP contribution in [0.5, 0.6) is 5.75 Å². The summed E-state index contributed by atoms with van der Waals surface area (Å²) in [4.78, 5) is 22.8. The number of rotatable bonds is 3. The number of aromatic nitrogens is 1. The zero-order chi connectivity index (χ0) is 18.5. The van der Waals surface area contributed by atoms with Crippen molar-refractivity contribution in [1.29, 1.82) is 0 Å². The molecule has 1 heterocycles. The van der Waals surface area contributed by atoms with Gasteiger partial charge in [0, 0.05) is 23.9 Å². The van der Waals surface area contributed by atoms with E-state index in [2.05, 4.69) is 11.8 Å². The van der Waals surface area contributed by atoms with Gasteiger partial charge in [0.05, 0.1) is 6.20 Å². The molecular formula is C21H15NO4. The molecule has 5 nitrogen and oxygen atoms in total. The molecule has 0 amide bonds. The largest absolute Gasteiger partial charge is 0.503 e. The molecule has 0 aliphatic carbocycles. The number of aromatic carboxylic acids is 1. The van der Waals surface area contributed by atoms with Crippen molar-refractivity contribution in [2.45, 2.75) is 6.54 Å². The van der Waals surface area contributed by atoms with E-state index < -0.39 is 22.7 Å². The fourth-order valence-electron chi connectivity index (χ4n) is 2.50. The molecule has 0 saturated carbocycles. The van der Waals surface area contributed by atoms with Crippen LogP contribution < -0.4 is 5.43 Å². The number of carboxylic acids is 1. The standard InChI is InChI=1S/C21H15NO4/c23-19-14-22(13-18(20(19)24)21(25)26)12-17-9-5-4-8-16(17)11-10-15-6-2-1-3-7-15/h1-9,13-14,23H,12H2,(H,25,26). The molecule has 0 aliphatic heterocycles. The molecule has 5 heteroatoms. The number of nitrogens with zero attached hydrogens (tertiary/aromatic N) is 1. The third-order valence-corrected chi connectivity index (χ3v) is 3.78. The Labute approximate surface area is 149 Å². The minimum atomic E-state index is -1.38. The highest BCUT2D eigenvalue weighted by molar-refractivity contribution is 5.87. The van der Waals surface area contributed by atoms with Crippen LogP contribution in [0.1, 0.15) is 27.0 Å². The summed E-state index contributed by atoms with van der Waals surface area (Å²) >= 11 is 0. The SMILES string of the molecule is O=C(O)c1cn(Cc2ccccc2C#Cc2ccccc2)cc(O)c1=O. The quantitative estimate of drug-likeness (QED) is 0.716. The molecule has 0 bridgehead atoms. The van der Waals surface area contributed by atoms with Gasteiger partial charge in [-0.2, -0.15) is 0 Å². The van der Waals surface area contributed by atoms with Gasteiger partial charge < -0.3 is 14.8 Å². The molecule has 0 radical (unpaired) electrons. The number of benzene rings is 2. The predicted octanol–water partition coefficient (Wildman–Crippen LogP) is 2.70. The number of hydrogen-bond donors (Lipinski definition) is 2. The van der Waals surface area contributed by atoms with Crippen molar-refractivity contribution in [3.8, 4) is 17.6 Å². The van der Waals surface area contributed by atoms with E-state index in [0.717, 1.165) is 16.7 Å². The molecule has 3 aromatic rings. The maximum Gasteiger partial charge on any atom is 0.341 e. The van der Waals surface area contributed by atoms with E-state index >= 15 is 0 Å². The fourth-order valence-corrected chi connectivity index (χ4v) is 2.50. The van der Waals surface area contributed by atoms with E-state index in [0.29, 0.717) is 0 Å². The molecule has 0 saturated heterocycles. The van der Waals surface area contributed by atoms with Crippen LogP contribution >= 0.6 is 0 Å². The van der Waals surface area contributed by atoms with Gasteiger partial charge in [-0.25, -0.2) is 4.79 Å². The Balaban J connectivity index is 1.96. The first-order chi connectivity index (χ1) is 12.5. The van der Waals surface area contributed by atoms with Crippen LogP contribution in [0, 0.1) is 11.8 Å². The minimum Gasteiger partial charge on any atom is -0.503 e. The summed E-state index contributed by atoms with van der Waals surface area (Å²) in [6.45, 7) is 0.272. The Bertz CT molecular complexity index is 1070. The lowest BCUT2D eigenvalue weighted by Crippen LogP contribution is -2.17. The van der Waals surface area contributed by atoms with Crippen molar-refractivity contribution >= 4 is 5.97 Å². The smallest absolute Gasteiger partial charge is 0.341 e. The molecule has 0 fully saturated rings. The lowest BCUT2D eigenvalue weighted by atomic mass is 10.1. The number of carboxylic acid groups (broad SMARTS) is 1. The maximum absolute atomic E-state index is 11.7. The van der Waals surface area contributed by atoms with Gasteiger partial charge in [0.1, 0.15) is 5.56 Å². The first-order valence-electron chi connectivity index (χ1n) is 7.86. The van der Waals surface area contributed by atoms with Crippen LogP contribution in [0.25, 0.3) is 0 Å². The molecule has 128 valence electrons. The first-order valence-corrected chi connectivity index (χ1v) is 7.86. The highest BCUT2D eigenvalue weighted by atomic mass is 16.4. The van der Waals surface area contributed by atoms with Crippen LogP contribution in [-0.2, 0) is 6.54 Å². The van der Waals surface area contributed by atoms with Crippen molar-refractivity contribution in [3.63, 3.8) is 0 Å². The fraction of sp³-hybridized carbons (Fsp3) is 0.0476. The Kier molecular flexibility index (Phi) is 4.86. The van der Waals surface area contributed by atoms with Crippen molar-refractivity contribution in [3.05, 3.63) is 99.5 Å². The Morgan fingerprint density at radius 2 is 1.65 bits per heavy atom. The minimum absolute atomic E-state index is 0.272. The van der Waals surface area contributed by atoms with Crippen LogP contribution in [0.3, 0.4) is 0 Å². The van der Waals surface area contributed by atoms with E-state index in [9.17, 15) is 14.7 Å². The molecule has 3 rings (SSSR count). The highest BCUT2D eigenvalue weighted by Crippen LogP contribution is 2.12. The number of aromatic hydroxyl groups is 1. The molecule has 26 heavy (non-hydrogen) atoms. The number of hydrogen-bond acceptors (Lipinski definition) is 3. The van der Waals surface area contributed by atoms with E-state index in [1.807, 2.05) is 54.6 Å².